The van der Waals surface area contributed by atoms with Gasteiger partial charge in [0.05, 0.1) is 16.8 Å². The molecular formula is C30H32N4O. The van der Waals surface area contributed by atoms with Gasteiger partial charge < -0.3 is 10.6 Å². The summed E-state index contributed by atoms with van der Waals surface area (Å²) >= 11 is 0. The SMILES string of the molecule is CCCCNc1ccc(-c2cc3c(Nc4ccccc4)c(C(=O)CC4CC4)cnc3cc2C)cn1. The van der Waals surface area contributed by atoms with E-state index in [9.17, 15) is 4.79 Å². The maximum absolute atomic E-state index is 13.2. The fourth-order valence-electron chi connectivity index (χ4n) is 4.41. The Labute approximate surface area is 207 Å². The molecule has 0 unspecified atom stereocenters. The second-order valence-electron chi connectivity index (χ2n) is 9.51. The van der Waals surface area contributed by atoms with E-state index in [-0.39, 0.29) is 5.78 Å². The van der Waals surface area contributed by atoms with E-state index in [1.807, 2.05) is 42.6 Å². The van der Waals surface area contributed by atoms with Crippen molar-refractivity contribution in [3.63, 3.8) is 0 Å². The molecule has 1 fully saturated rings. The number of nitrogens with zero attached hydrogens (tertiary/aromatic N) is 2. The van der Waals surface area contributed by atoms with E-state index in [1.165, 1.54) is 0 Å². The van der Waals surface area contributed by atoms with Crippen molar-refractivity contribution in [2.75, 3.05) is 17.2 Å². The first kappa shape index (κ1) is 23.0. The number of ketones is 1. The molecule has 5 rings (SSSR count). The van der Waals surface area contributed by atoms with E-state index in [1.54, 1.807) is 6.20 Å². The summed E-state index contributed by atoms with van der Waals surface area (Å²) in [6.45, 7) is 5.21. The minimum atomic E-state index is 0.159. The number of anilines is 3. The van der Waals surface area contributed by atoms with Crippen LogP contribution in [0.2, 0.25) is 0 Å². The molecule has 5 nitrogen and oxygen atoms in total. The molecule has 2 aromatic carbocycles. The third kappa shape index (κ3) is 5.35. The van der Waals surface area contributed by atoms with E-state index in [2.05, 4.69) is 47.7 Å². The summed E-state index contributed by atoms with van der Waals surface area (Å²) < 4.78 is 0. The number of aromatic nitrogens is 2. The van der Waals surface area contributed by atoms with Crippen LogP contribution in [0.1, 0.15) is 54.9 Å². The van der Waals surface area contributed by atoms with Crippen LogP contribution in [0.25, 0.3) is 22.0 Å². The first-order chi connectivity index (χ1) is 17.1. The average molecular weight is 465 g/mol. The Kier molecular flexibility index (Phi) is 6.75. The van der Waals surface area contributed by atoms with Gasteiger partial charge in [-0.1, -0.05) is 31.5 Å². The molecule has 35 heavy (non-hydrogen) atoms. The number of Topliss-reactive ketones (excluding diaryl/α,β-unsaturated/α-hetero) is 1. The molecule has 1 aliphatic carbocycles. The van der Waals surface area contributed by atoms with E-state index >= 15 is 0 Å². The van der Waals surface area contributed by atoms with Gasteiger partial charge in [-0.25, -0.2) is 4.98 Å². The lowest BCUT2D eigenvalue weighted by Crippen LogP contribution is -2.07. The summed E-state index contributed by atoms with van der Waals surface area (Å²) in [5.41, 5.74) is 6.59. The molecule has 1 aliphatic rings. The maximum Gasteiger partial charge on any atom is 0.166 e. The lowest BCUT2D eigenvalue weighted by atomic mass is 9.96. The van der Waals surface area contributed by atoms with Crippen molar-refractivity contribution in [3.8, 4) is 11.1 Å². The van der Waals surface area contributed by atoms with Crippen molar-refractivity contribution in [1.82, 2.24) is 9.97 Å². The van der Waals surface area contributed by atoms with Crippen LogP contribution in [0.4, 0.5) is 17.2 Å². The number of unbranched alkanes of at least 4 members (excludes halogenated alkanes) is 1. The summed E-state index contributed by atoms with van der Waals surface area (Å²) in [4.78, 5) is 22.5. The number of rotatable bonds is 10. The zero-order valence-corrected chi connectivity index (χ0v) is 20.5. The molecule has 0 saturated heterocycles. The monoisotopic (exact) mass is 464 g/mol. The zero-order chi connectivity index (χ0) is 24.2. The molecule has 0 radical (unpaired) electrons. The highest BCUT2D eigenvalue weighted by molar-refractivity contribution is 6.10. The Hall–Kier alpha value is -3.73. The number of hydrogen-bond acceptors (Lipinski definition) is 5. The number of aryl methyl sites for hydroxylation is 1. The molecule has 0 spiro atoms. The Morgan fingerprint density at radius 2 is 1.86 bits per heavy atom. The molecule has 2 N–H and O–H groups in total. The summed E-state index contributed by atoms with van der Waals surface area (Å²) in [6.07, 6.45) is 8.82. The lowest BCUT2D eigenvalue weighted by Gasteiger charge is -2.16. The van der Waals surface area contributed by atoms with Gasteiger partial charge in [0.2, 0.25) is 0 Å². The van der Waals surface area contributed by atoms with Crippen LogP contribution >= 0.6 is 0 Å². The van der Waals surface area contributed by atoms with Crippen LogP contribution in [-0.2, 0) is 0 Å². The maximum atomic E-state index is 13.2. The second kappa shape index (κ2) is 10.3. The van der Waals surface area contributed by atoms with Crippen molar-refractivity contribution in [2.45, 2.75) is 46.0 Å². The van der Waals surface area contributed by atoms with Gasteiger partial charge in [0.1, 0.15) is 5.82 Å². The van der Waals surface area contributed by atoms with Crippen molar-refractivity contribution in [2.24, 2.45) is 5.92 Å². The number of hydrogen-bond donors (Lipinski definition) is 2. The highest BCUT2D eigenvalue weighted by Crippen LogP contribution is 2.38. The molecule has 0 bridgehead atoms. The highest BCUT2D eigenvalue weighted by Gasteiger charge is 2.27. The summed E-state index contributed by atoms with van der Waals surface area (Å²) in [5.74, 6) is 1.57. The van der Waals surface area contributed by atoms with Crippen molar-refractivity contribution < 1.29 is 4.79 Å². The molecule has 2 aromatic heterocycles. The zero-order valence-electron chi connectivity index (χ0n) is 20.5. The van der Waals surface area contributed by atoms with Gasteiger partial charge in [-0.15, -0.1) is 0 Å². The van der Waals surface area contributed by atoms with Gasteiger partial charge in [-0.3, -0.25) is 9.78 Å². The fraction of sp³-hybridized carbons (Fsp3) is 0.300. The number of fused-ring (bicyclic) bond motifs is 1. The minimum Gasteiger partial charge on any atom is -0.370 e. The number of para-hydroxylation sites is 1. The third-order valence-corrected chi connectivity index (χ3v) is 6.64. The van der Waals surface area contributed by atoms with Crippen LogP contribution in [-0.4, -0.2) is 22.3 Å². The summed E-state index contributed by atoms with van der Waals surface area (Å²) in [7, 11) is 0. The molecule has 0 amide bonds. The Morgan fingerprint density at radius 1 is 1.03 bits per heavy atom. The summed E-state index contributed by atoms with van der Waals surface area (Å²) in [5, 5.41) is 7.86. The fourth-order valence-corrected chi connectivity index (χ4v) is 4.41. The molecule has 4 aromatic rings. The number of carbonyl (C=O) groups is 1. The number of benzene rings is 2. The van der Waals surface area contributed by atoms with Crippen molar-refractivity contribution >= 4 is 33.9 Å². The predicted molar refractivity (Wildman–Crippen MR) is 145 cm³/mol. The average Bonchev–Trinajstić information content (AvgIpc) is 3.69. The molecule has 0 aliphatic heterocycles. The first-order valence-electron chi connectivity index (χ1n) is 12.6. The molecule has 5 heteroatoms. The van der Waals surface area contributed by atoms with Gasteiger partial charge in [-0.2, -0.15) is 0 Å². The van der Waals surface area contributed by atoms with Crippen molar-refractivity contribution in [3.05, 3.63) is 78.1 Å². The number of pyridine rings is 2. The Balaban J connectivity index is 1.56. The highest BCUT2D eigenvalue weighted by atomic mass is 16.1. The normalized spacial score (nSPS) is 13.1. The largest absolute Gasteiger partial charge is 0.370 e. The van der Waals surface area contributed by atoms with E-state index in [4.69, 9.17) is 4.98 Å². The first-order valence-corrected chi connectivity index (χ1v) is 12.6. The Bertz CT molecular complexity index is 1330. The standard InChI is InChI=1S/C30H32N4O/c1-3-4-14-31-29-13-12-22(18-33-29)24-17-25-27(15-20(24)2)32-19-26(28(35)16-21-10-11-21)30(25)34-23-8-6-5-7-9-23/h5-9,12-13,15,17-19,21H,3-4,10-11,14,16H2,1-2H3,(H,31,33)(H,32,34). The Morgan fingerprint density at radius 3 is 2.57 bits per heavy atom. The van der Waals surface area contributed by atoms with Gasteiger partial charge in [-0.05, 0) is 79.6 Å². The van der Waals surface area contributed by atoms with Crippen LogP contribution in [0.15, 0.2) is 67.0 Å². The van der Waals surface area contributed by atoms with Gasteiger partial charge in [0.15, 0.2) is 5.78 Å². The molecular weight excluding hydrogens is 432 g/mol. The van der Waals surface area contributed by atoms with Crippen LogP contribution in [0.5, 0.6) is 0 Å². The van der Waals surface area contributed by atoms with E-state index in [0.717, 1.165) is 77.0 Å². The predicted octanol–water partition coefficient (Wildman–Crippen LogP) is 7.54. The lowest BCUT2D eigenvalue weighted by molar-refractivity contribution is 0.0976. The molecule has 0 atom stereocenters. The minimum absolute atomic E-state index is 0.159. The smallest absolute Gasteiger partial charge is 0.166 e. The van der Waals surface area contributed by atoms with E-state index in [0.29, 0.717) is 17.9 Å². The molecule has 1 saturated carbocycles. The van der Waals surface area contributed by atoms with E-state index < -0.39 is 0 Å². The quantitative estimate of drug-likeness (QED) is 0.187. The second-order valence-corrected chi connectivity index (χ2v) is 9.51. The van der Waals surface area contributed by atoms with Crippen LogP contribution < -0.4 is 10.6 Å². The van der Waals surface area contributed by atoms with Crippen LogP contribution in [0, 0.1) is 12.8 Å². The number of nitrogens with one attached hydrogen (secondary N) is 2. The summed E-state index contributed by atoms with van der Waals surface area (Å²) in [6, 6.07) is 18.4. The van der Waals surface area contributed by atoms with Gasteiger partial charge in [0.25, 0.3) is 0 Å². The van der Waals surface area contributed by atoms with Gasteiger partial charge in [0, 0.05) is 42.0 Å². The number of carbonyl (C=O) groups excluding carboxylic acids is 1. The molecule has 178 valence electrons. The van der Waals surface area contributed by atoms with Gasteiger partial charge >= 0.3 is 0 Å². The molecule has 2 heterocycles. The van der Waals surface area contributed by atoms with Crippen LogP contribution in [0.3, 0.4) is 0 Å². The van der Waals surface area contributed by atoms with Crippen molar-refractivity contribution in [1.29, 1.82) is 0 Å². The third-order valence-electron chi connectivity index (χ3n) is 6.64. The topological polar surface area (TPSA) is 66.9 Å².